The SMILES string of the molecule is O=C(c1cc(CO)co1)c1cc(CO)co1. The third-order valence-corrected chi connectivity index (χ3v) is 2.12. The standard InChI is InChI=1S/C11H10O5/c12-3-7-1-9(15-5-7)11(14)10-2-8(4-13)6-16-10/h1-2,5-6,12-13H,3-4H2. The van der Waals surface area contributed by atoms with E-state index in [2.05, 4.69) is 0 Å². The number of aliphatic hydroxyl groups excluding tert-OH is 2. The van der Waals surface area contributed by atoms with E-state index in [1.54, 1.807) is 0 Å². The van der Waals surface area contributed by atoms with Crippen LogP contribution in [0.5, 0.6) is 0 Å². The molecular weight excluding hydrogens is 212 g/mol. The Bertz CT molecular complexity index is 450. The van der Waals surface area contributed by atoms with Crippen LogP contribution in [0.2, 0.25) is 0 Å². The normalized spacial score (nSPS) is 10.6. The fraction of sp³-hybridized carbons (Fsp3) is 0.182. The highest BCUT2D eigenvalue weighted by atomic mass is 16.4. The molecule has 0 saturated heterocycles. The van der Waals surface area contributed by atoms with E-state index in [0.717, 1.165) is 0 Å². The van der Waals surface area contributed by atoms with E-state index in [-0.39, 0.29) is 24.7 Å². The van der Waals surface area contributed by atoms with Gasteiger partial charge in [-0.15, -0.1) is 0 Å². The lowest BCUT2D eigenvalue weighted by Crippen LogP contribution is -1.97. The number of ketones is 1. The number of aliphatic hydroxyl groups is 2. The average Bonchev–Trinajstić information content (AvgIpc) is 2.97. The fourth-order valence-corrected chi connectivity index (χ4v) is 1.28. The monoisotopic (exact) mass is 222 g/mol. The van der Waals surface area contributed by atoms with Crippen LogP contribution in [0.3, 0.4) is 0 Å². The highest BCUT2D eigenvalue weighted by molar-refractivity contribution is 6.05. The summed E-state index contributed by atoms with van der Waals surface area (Å²) in [5, 5.41) is 17.6. The molecule has 0 aliphatic carbocycles. The van der Waals surface area contributed by atoms with Gasteiger partial charge in [0.05, 0.1) is 25.7 Å². The summed E-state index contributed by atoms with van der Waals surface area (Å²) in [5.74, 6) is -0.217. The van der Waals surface area contributed by atoms with Gasteiger partial charge in [0.1, 0.15) is 0 Å². The zero-order valence-electron chi connectivity index (χ0n) is 8.34. The number of furan rings is 2. The summed E-state index contributed by atoms with van der Waals surface area (Å²) in [6, 6.07) is 2.90. The average molecular weight is 222 g/mol. The van der Waals surface area contributed by atoms with Crippen molar-refractivity contribution < 1.29 is 23.8 Å². The van der Waals surface area contributed by atoms with Crippen LogP contribution in [0.25, 0.3) is 0 Å². The van der Waals surface area contributed by atoms with Crippen molar-refractivity contribution in [1.29, 1.82) is 0 Å². The molecule has 0 saturated carbocycles. The molecular formula is C11H10O5. The Morgan fingerprint density at radius 1 is 1.00 bits per heavy atom. The second kappa shape index (κ2) is 4.34. The van der Waals surface area contributed by atoms with Crippen molar-refractivity contribution in [2.24, 2.45) is 0 Å². The molecule has 0 bridgehead atoms. The Hall–Kier alpha value is -1.85. The lowest BCUT2D eigenvalue weighted by atomic mass is 10.2. The zero-order chi connectivity index (χ0) is 11.5. The van der Waals surface area contributed by atoms with Crippen LogP contribution in [0.4, 0.5) is 0 Å². The van der Waals surface area contributed by atoms with E-state index in [0.29, 0.717) is 11.1 Å². The van der Waals surface area contributed by atoms with Crippen molar-refractivity contribution in [3.63, 3.8) is 0 Å². The number of rotatable bonds is 4. The second-order valence-electron chi connectivity index (χ2n) is 3.28. The minimum Gasteiger partial charge on any atom is -0.460 e. The molecule has 5 nitrogen and oxygen atoms in total. The highest BCUT2D eigenvalue weighted by Crippen LogP contribution is 2.16. The summed E-state index contributed by atoms with van der Waals surface area (Å²) >= 11 is 0. The molecule has 2 rings (SSSR count). The Balaban J connectivity index is 2.24. The van der Waals surface area contributed by atoms with Gasteiger partial charge in [0.2, 0.25) is 0 Å². The summed E-state index contributed by atoms with van der Waals surface area (Å²) in [4.78, 5) is 11.8. The molecule has 2 aromatic heterocycles. The predicted octanol–water partition coefficient (Wildman–Crippen LogP) is 1.09. The van der Waals surface area contributed by atoms with Crippen molar-refractivity contribution in [2.45, 2.75) is 13.2 Å². The highest BCUT2D eigenvalue weighted by Gasteiger charge is 2.17. The van der Waals surface area contributed by atoms with Gasteiger partial charge in [0, 0.05) is 11.1 Å². The number of carbonyl (C=O) groups is 1. The smallest absolute Gasteiger partial charge is 0.263 e. The molecule has 0 unspecified atom stereocenters. The Morgan fingerprint density at radius 2 is 1.44 bits per heavy atom. The van der Waals surface area contributed by atoms with Crippen molar-refractivity contribution in [1.82, 2.24) is 0 Å². The number of carbonyl (C=O) groups excluding carboxylic acids is 1. The lowest BCUT2D eigenvalue weighted by molar-refractivity contribution is 0.0983. The third-order valence-electron chi connectivity index (χ3n) is 2.12. The van der Waals surface area contributed by atoms with Crippen LogP contribution < -0.4 is 0 Å². The third kappa shape index (κ3) is 1.91. The van der Waals surface area contributed by atoms with E-state index in [1.165, 1.54) is 24.7 Å². The molecule has 0 spiro atoms. The van der Waals surface area contributed by atoms with Gasteiger partial charge in [-0.1, -0.05) is 0 Å². The van der Waals surface area contributed by atoms with Crippen molar-refractivity contribution in [3.8, 4) is 0 Å². The van der Waals surface area contributed by atoms with Gasteiger partial charge in [-0.05, 0) is 12.1 Å². The van der Waals surface area contributed by atoms with Gasteiger partial charge in [0.15, 0.2) is 11.5 Å². The van der Waals surface area contributed by atoms with E-state index in [4.69, 9.17) is 19.0 Å². The molecule has 2 heterocycles. The second-order valence-corrected chi connectivity index (χ2v) is 3.28. The molecule has 5 heteroatoms. The van der Waals surface area contributed by atoms with E-state index in [1.807, 2.05) is 0 Å². The molecule has 2 aromatic rings. The Labute approximate surface area is 90.9 Å². The maximum Gasteiger partial charge on any atom is 0.263 e. The van der Waals surface area contributed by atoms with Gasteiger partial charge >= 0.3 is 0 Å². The van der Waals surface area contributed by atoms with Gasteiger partial charge in [0.25, 0.3) is 5.78 Å². The molecule has 84 valence electrons. The first-order valence-electron chi connectivity index (χ1n) is 4.66. The first-order chi connectivity index (χ1) is 7.74. The Morgan fingerprint density at radius 3 is 1.75 bits per heavy atom. The summed E-state index contributed by atoms with van der Waals surface area (Å²) < 4.78 is 9.97. The minimum atomic E-state index is -0.417. The Kier molecular flexibility index (Phi) is 2.89. The van der Waals surface area contributed by atoms with Gasteiger partial charge in [-0.2, -0.15) is 0 Å². The van der Waals surface area contributed by atoms with E-state index < -0.39 is 5.78 Å². The molecule has 16 heavy (non-hydrogen) atoms. The largest absolute Gasteiger partial charge is 0.460 e. The molecule has 2 N–H and O–H groups in total. The van der Waals surface area contributed by atoms with Gasteiger partial charge < -0.3 is 19.0 Å². The first-order valence-corrected chi connectivity index (χ1v) is 4.66. The number of hydrogen-bond acceptors (Lipinski definition) is 5. The molecule has 0 aliphatic heterocycles. The topological polar surface area (TPSA) is 83.8 Å². The van der Waals surface area contributed by atoms with Crippen molar-refractivity contribution >= 4 is 5.78 Å². The quantitative estimate of drug-likeness (QED) is 0.756. The molecule has 0 radical (unpaired) electrons. The number of hydrogen-bond donors (Lipinski definition) is 2. The summed E-state index contributed by atoms with van der Waals surface area (Å²) in [6.07, 6.45) is 2.62. The maximum absolute atomic E-state index is 11.8. The predicted molar refractivity (Wildman–Crippen MR) is 52.7 cm³/mol. The summed E-state index contributed by atoms with van der Waals surface area (Å²) in [5.41, 5.74) is 1.05. The van der Waals surface area contributed by atoms with E-state index in [9.17, 15) is 4.79 Å². The molecule has 0 atom stereocenters. The fourth-order valence-electron chi connectivity index (χ4n) is 1.28. The molecule has 0 aliphatic rings. The van der Waals surface area contributed by atoms with Crippen LogP contribution in [-0.4, -0.2) is 16.0 Å². The molecule has 0 aromatic carbocycles. The molecule has 0 amide bonds. The lowest BCUT2D eigenvalue weighted by Gasteiger charge is -1.89. The van der Waals surface area contributed by atoms with Crippen molar-refractivity contribution in [3.05, 3.63) is 47.3 Å². The minimum absolute atomic E-state index is 0.0999. The first kappa shape index (κ1) is 10.7. The molecule has 0 fully saturated rings. The summed E-state index contributed by atoms with van der Waals surface area (Å²) in [6.45, 7) is -0.367. The van der Waals surface area contributed by atoms with Crippen LogP contribution in [-0.2, 0) is 13.2 Å². The van der Waals surface area contributed by atoms with Crippen molar-refractivity contribution in [2.75, 3.05) is 0 Å². The zero-order valence-corrected chi connectivity index (χ0v) is 8.34. The maximum atomic E-state index is 11.8. The van der Waals surface area contributed by atoms with Crippen LogP contribution >= 0.6 is 0 Å². The van der Waals surface area contributed by atoms with Gasteiger partial charge in [-0.3, -0.25) is 4.79 Å². The van der Waals surface area contributed by atoms with E-state index >= 15 is 0 Å². The van der Waals surface area contributed by atoms with Crippen LogP contribution in [0.15, 0.2) is 33.5 Å². The van der Waals surface area contributed by atoms with Crippen LogP contribution in [0, 0.1) is 0 Å². The van der Waals surface area contributed by atoms with Gasteiger partial charge in [-0.25, -0.2) is 0 Å². The van der Waals surface area contributed by atoms with Crippen LogP contribution in [0.1, 0.15) is 27.4 Å². The summed E-state index contributed by atoms with van der Waals surface area (Å²) in [7, 11) is 0.